The first kappa shape index (κ1) is 12.4. The molecule has 0 saturated heterocycles. The molecule has 0 aliphatic heterocycles. The lowest BCUT2D eigenvalue weighted by atomic mass is 10.2. The summed E-state index contributed by atoms with van der Waals surface area (Å²) in [4.78, 5) is 12.0. The first-order valence-corrected chi connectivity index (χ1v) is 7.08. The van der Waals surface area contributed by atoms with Crippen molar-refractivity contribution in [3.8, 4) is 0 Å². The number of pyridine rings is 1. The second-order valence-electron chi connectivity index (χ2n) is 5.46. The molecular formula is C16H20N2O. The Labute approximate surface area is 113 Å². The SMILES string of the molecule is CC(NCCn1c(=O)ccc2ccccc21)C1CC1. The van der Waals surface area contributed by atoms with Gasteiger partial charge in [0.15, 0.2) is 0 Å². The van der Waals surface area contributed by atoms with E-state index >= 15 is 0 Å². The Morgan fingerprint density at radius 1 is 1.26 bits per heavy atom. The second-order valence-corrected chi connectivity index (χ2v) is 5.46. The fourth-order valence-corrected chi connectivity index (χ4v) is 2.64. The summed E-state index contributed by atoms with van der Waals surface area (Å²) in [5, 5.41) is 4.65. The van der Waals surface area contributed by atoms with Gasteiger partial charge in [-0.2, -0.15) is 0 Å². The summed E-state index contributed by atoms with van der Waals surface area (Å²) in [6, 6.07) is 12.2. The molecule has 1 aromatic heterocycles. The van der Waals surface area contributed by atoms with E-state index in [9.17, 15) is 4.79 Å². The fraction of sp³-hybridized carbons (Fsp3) is 0.438. The highest BCUT2D eigenvalue weighted by Crippen LogP contribution is 2.32. The lowest BCUT2D eigenvalue weighted by Gasteiger charge is -2.14. The minimum absolute atomic E-state index is 0.0829. The zero-order valence-electron chi connectivity index (χ0n) is 11.3. The lowest BCUT2D eigenvalue weighted by molar-refractivity contribution is 0.475. The Morgan fingerprint density at radius 2 is 2.05 bits per heavy atom. The average Bonchev–Trinajstić information content (AvgIpc) is 3.25. The highest BCUT2D eigenvalue weighted by molar-refractivity contribution is 5.78. The van der Waals surface area contributed by atoms with Crippen LogP contribution < -0.4 is 10.9 Å². The molecule has 1 saturated carbocycles. The minimum Gasteiger partial charge on any atom is -0.312 e. The molecule has 0 amide bonds. The quantitative estimate of drug-likeness (QED) is 0.891. The van der Waals surface area contributed by atoms with Gasteiger partial charge < -0.3 is 9.88 Å². The first-order chi connectivity index (χ1) is 9.25. The molecular weight excluding hydrogens is 236 g/mol. The molecule has 1 heterocycles. The summed E-state index contributed by atoms with van der Waals surface area (Å²) >= 11 is 0. The third-order valence-corrected chi connectivity index (χ3v) is 4.03. The molecule has 3 nitrogen and oxygen atoms in total. The van der Waals surface area contributed by atoms with Crippen molar-refractivity contribution in [2.75, 3.05) is 6.54 Å². The number of nitrogens with zero attached hydrogens (tertiary/aromatic N) is 1. The maximum Gasteiger partial charge on any atom is 0.251 e. The van der Waals surface area contributed by atoms with Gasteiger partial charge in [-0.15, -0.1) is 0 Å². The van der Waals surface area contributed by atoms with Crippen LogP contribution in [0.4, 0.5) is 0 Å². The van der Waals surface area contributed by atoms with Crippen molar-refractivity contribution in [3.63, 3.8) is 0 Å². The number of hydrogen-bond donors (Lipinski definition) is 1. The zero-order chi connectivity index (χ0) is 13.2. The van der Waals surface area contributed by atoms with Gasteiger partial charge in [-0.05, 0) is 43.2 Å². The summed E-state index contributed by atoms with van der Waals surface area (Å²) in [6.45, 7) is 3.83. The predicted octanol–water partition coefficient (Wildman–Crippen LogP) is 2.39. The Kier molecular flexibility index (Phi) is 3.38. The molecule has 0 spiro atoms. The summed E-state index contributed by atoms with van der Waals surface area (Å²) in [5.41, 5.74) is 1.11. The maximum absolute atomic E-state index is 12.0. The average molecular weight is 256 g/mol. The van der Waals surface area contributed by atoms with Gasteiger partial charge in [0, 0.05) is 25.2 Å². The molecule has 3 rings (SSSR count). The molecule has 19 heavy (non-hydrogen) atoms. The van der Waals surface area contributed by atoms with E-state index in [1.54, 1.807) is 6.07 Å². The third kappa shape index (κ3) is 2.71. The van der Waals surface area contributed by atoms with E-state index in [0.29, 0.717) is 6.04 Å². The van der Waals surface area contributed by atoms with Crippen molar-refractivity contribution in [3.05, 3.63) is 46.8 Å². The molecule has 1 unspecified atom stereocenters. The largest absolute Gasteiger partial charge is 0.312 e. The number of para-hydroxylation sites is 1. The summed E-state index contributed by atoms with van der Waals surface area (Å²) < 4.78 is 1.86. The molecule has 1 atom stereocenters. The van der Waals surface area contributed by atoms with Gasteiger partial charge in [0.25, 0.3) is 5.56 Å². The van der Waals surface area contributed by atoms with E-state index in [2.05, 4.69) is 12.2 Å². The van der Waals surface area contributed by atoms with Crippen LogP contribution >= 0.6 is 0 Å². The fourth-order valence-electron chi connectivity index (χ4n) is 2.64. The molecule has 2 aromatic rings. The van der Waals surface area contributed by atoms with Crippen LogP contribution in [0.5, 0.6) is 0 Å². The highest BCUT2D eigenvalue weighted by atomic mass is 16.1. The monoisotopic (exact) mass is 256 g/mol. The number of hydrogen-bond acceptors (Lipinski definition) is 2. The van der Waals surface area contributed by atoms with Crippen LogP contribution in [-0.4, -0.2) is 17.2 Å². The van der Waals surface area contributed by atoms with E-state index < -0.39 is 0 Å². The molecule has 3 heteroatoms. The van der Waals surface area contributed by atoms with Crippen molar-refractivity contribution < 1.29 is 0 Å². The maximum atomic E-state index is 12.0. The number of benzene rings is 1. The molecule has 1 aliphatic rings. The normalized spacial score (nSPS) is 16.7. The predicted molar refractivity (Wildman–Crippen MR) is 78.4 cm³/mol. The Balaban J connectivity index is 1.75. The molecule has 1 N–H and O–H groups in total. The topological polar surface area (TPSA) is 34.0 Å². The number of nitrogens with one attached hydrogen (secondary N) is 1. The smallest absolute Gasteiger partial charge is 0.251 e. The van der Waals surface area contributed by atoms with Gasteiger partial charge in [0.05, 0.1) is 5.52 Å². The van der Waals surface area contributed by atoms with Gasteiger partial charge in [-0.1, -0.05) is 18.2 Å². The standard InChI is InChI=1S/C16H20N2O/c1-12(13-6-7-13)17-10-11-18-15-5-3-2-4-14(15)8-9-16(18)19/h2-5,8-9,12-13,17H,6-7,10-11H2,1H3. The lowest BCUT2D eigenvalue weighted by Crippen LogP contribution is -2.33. The summed E-state index contributed by atoms with van der Waals surface area (Å²) in [7, 11) is 0. The van der Waals surface area contributed by atoms with Crippen LogP contribution in [0.2, 0.25) is 0 Å². The summed E-state index contributed by atoms with van der Waals surface area (Å²) in [5.74, 6) is 0.851. The van der Waals surface area contributed by atoms with E-state index in [4.69, 9.17) is 0 Å². The van der Waals surface area contributed by atoms with Crippen molar-refractivity contribution in [1.29, 1.82) is 0 Å². The van der Waals surface area contributed by atoms with Gasteiger partial charge in [-0.25, -0.2) is 0 Å². The van der Waals surface area contributed by atoms with E-state index in [1.165, 1.54) is 12.8 Å². The molecule has 1 fully saturated rings. The molecule has 100 valence electrons. The molecule has 1 aliphatic carbocycles. The summed E-state index contributed by atoms with van der Waals surface area (Å²) in [6.07, 6.45) is 2.70. The van der Waals surface area contributed by atoms with Gasteiger partial charge >= 0.3 is 0 Å². The number of aromatic nitrogens is 1. The van der Waals surface area contributed by atoms with Crippen molar-refractivity contribution in [1.82, 2.24) is 9.88 Å². The first-order valence-electron chi connectivity index (χ1n) is 7.08. The Hall–Kier alpha value is -1.61. The second kappa shape index (κ2) is 5.17. The van der Waals surface area contributed by atoms with Crippen LogP contribution in [0.25, 0.3) is 10.9 Å². The van der Waals surface area contributed by atoms with Crippen LogP contribution in [0.3, 0.4) is 0 Å². The van der Waals surface area contributed by atoms with Gasteiger partial charge in [-0.3, -0.25) is 4.79 Å². The van der Waals surface area contributed by atoms with Crippen LogP contribution in [0, 0.1) is 5.92 Å². The zero-order valence-corrected chi connectivity index (χ0v) is 11.3. The van der Waals surface area contributed by atoms with Crippen LogP contribution in [-0.2, 0) is 6.54 Å². The Morgan fingerprint density at radius 3 is 2.84 bits per heavy atom. The van der Waals surface area contributed by atoms with Crippen LogP contribution in [0.15, 0.2) is 41.2 Å². The third-order valence-electron chi connectivity index (χ3n) is 4.03. The molecule has 1 aromatic carbocycles. The Bertz CT molecular complexity index is 628. The van der Waals surface area contributed by atoms with Crippen LogP contribution in [0.1, 0.15) is 19.8 Å². The van der Waals surface area contributed by atoms with Crippen molar-refractivity contribution >= 4 is 10.9 Å². The number of rotatable bonds is 5. The van der Waals surface area contributed by atoms with E-state index in [0.717, 1.165) is 29.9 Å². The van der Waals surface area contributed by atoms with Crippen molar-refractivity contribution in [2.45, 2.75) is 32.4 Å². The van der Waals surface area contributed by atoms with E-state index in [-0.39, 0.29) is 5.56 Å². The van der Waals surface area contributed by atoms with Gasteiger partial charge in [0.1, 0.15) is 0 Å². The van der Waals surface area contributed by atoms with E-state index in [1.807, 2.05) is 34.9 Å². The van der Waals surface area contributed by atoms with Crippen molar-refractivity contribution in [2.24, 2.45) is 5.92 Å². The van der Waals surface area contributed by atoms with Gasteiger partial charge in [0.2, 0.25) is 0 Å². The highest BCUT2D eigenvalue weighted by Gasteiger charge is 2.27. The molecule has 0 bridgehead atoms. The number of fused-ring (bicyclic) bond motifs is 1. The molecule has 0 radical (unpaired) electrons. The minimum atomic E-state index is 0.0829.